The second kappa shape index (κ2) is 3.64. The number of allylic oxidation sites excluding steroid dienone is 4. The molecule has 100 valence electrons. The minimum atomic E-state index is -0.145. The van der Waals surface area contributed by atoms with E-state index in [-0.39, 0.29) is 23.2 Å². The summed E-state index contributed by atoms with van der Waals surface area (Å²) < 4.78 is 6.22. The second-order valence-corrected chi connectivity index (χ2v) is 5.73. The average Bonchev–Trinajstić information content (AvgIpc) is 2.83. The minimum absolute atomic E-state index is 0. The van der Waals surface area contributed by atoms with Gasteiger partial charge in [-0.3, -0.25) is 4.99 Å². The van der Waals surface area contributed by atoms with E-state index < -0.39 is 0 Å². The van der Waals surface area contributed by atoms with Gasteiger partial charge in [0, 0.05) is 23.4 Å². The van der Waals surface area contributed by atoms with Crippen LogP contribution in [0.1, 0.15) is 18.4 Å². The highest BCUT2D eigenvalue weighted by molar-refractivity contribution is 5.85. The van der Waals surface area contributed by atoms with Crippen LogP contribution >= 0.6 is 12.4 Å². The molecule has 2 bridgehead atoms. The molecule has 20 heavy (non-hydrogen) atoms. The predicted molar refractivity (Wildman–Crippen MR) is 81.5 cm³/mol. The molecule has 0 saturated heterocycles. The molecule has 2 aliphatic heterocycles. The Balaban J connectivity index is 0.00000106. The molecule has 0 radical (unpaired) electrons. The zero-order chi connectivity index (χ0) is 12.5. The van der Waals surface area contributed by atoms with Crippen LogP contribution in [0.3, 0.4) is 0 Å². The molecule has 3 aliphatic carbocycles. The lowest BCUT2D eigenvalue weighted by atomic mass is 9.51. The first-order valence-electron chi connectivity index (χ1n) is 6.78. The lowest BCUT2D eigenvalue weighted by molar-refractivity contribution is 0.258. The summed E-state index contributed by atoms with van der Waals surface area (Å²) in [7, 11) is 0. The first-order chi connectivity index (χ1) is 9.36. The van der Waals surface area contributed by atoms with E-state index in [0.717, 1.165) is 24.4 Å². The maximum absolute atomic E-state index is 6.22. The monoisotopic (exact) mass is 283 g/mol. The van der Waals surface area contributed by atoms with E-state index >= 15 is 0 Å². The van der Waals surface area contributed by atoms with Crippen molar-refractivity contribution in [3.8, 4) is 5.75 Å². The Kier molecular flexibility index (Phi) is 2.18. The molecule has 0 aromatic heterocycles. The summed E-state index contributed by atoms with van der Waals surface area (Å²) in [6.45, 7) is 0. The lowest BCUT2D eigenvalue weighted by Crippen LogP contribution is -2.50. The van der Waals surface area contributed by atoms with E-state index in [4.69, 9.17) is 4.74 Å². The quantitative estimate of drug-likeness (QED) is 0.707. The van der Waals surface area contributed by atoms with E-state index in [1.165, 1.54) is 11.1 Å². The molecule has 3 heteroatoms. The highest BCUT2D eigenvalue weighted by Crippen LogP contribution is 2.64. The van der Waals surface area contributed by atoms with Gasteiger partial charge in [0.1, 0.15) is 11.5 Å². The normalized spacial score (nSPS) is 34.2. The van der Waals surface area contributed by atoms with E-state index in [1.54, 1.807) is 0 Å². The first kappa shape index (κ1) is 12.0. The summed E-state index contributed by atoms with van der Waals surface area (Å²) in [4.78, 5) is 4.42. The van der Waals surface area contributed by atoms with Gasteiger partial charge in [0.25, 0.3) is 0 Å². The number of rotatable bonds is 0. The fourth-order valence-electron chi connectivity index (χ4n) is 4.11. The molecule has 2 atom stereocenters. The molecule has 2 heterocycles. The molecule has 2 unspecified atom stereocenters. The lowest BCUT2D eigenvalue weighted by Gasteiger charge is -2.50. The third kappa shape index (κ3) is 1.07. The largest absolute Gasteiger partial charge is 0.460 e. The van der Waals surface area contributed by atoms with E-state index in [1.807, 2.05) is 12.3 Å². The van der Waals surface area contributed by atoms with E-state index in [9.17, 15) is 0 Å². The first-order valence-corrected chi connectivity index (χ1v) is 6.78. The van der Waals surface area contributed by atoms with Crippen molar-refractivity contribution in [1.82, 2.24) is 0 Å². The highest BCUT2D eigenvalue weighted by atomic mass is 35.5. The van der Waals surface area contributed by atoms with Gasteiger partial charge in [-0.2, -0.15) is 0 Å². The molecule has 1 aromatic rings. The molecular weight excluding hydrogens is 270 g/mol. The van der Waals surface area contributed by atoms with Crippen LogP contribution in [-0.4, -0.2) is 6.21 Å². The molecular formula is C17H14ClNO. The topological polar surface area (TPSA) is 21.6 Å². The van der Waals surface area contributed by atoms with Crippen LogP contribution in [0.5, 0.6) is 5.75 Å². The molecule has 0 amide bonds. The van der Waals surface area contributed by atoms with Crippen LogP contribution in [0.15, 0.2) is 65.0 Å². The Hall–Kier alpha value is -1.80. The Morgan fingerprint density at radius 3 is 2.90 bits per heavy atom. The summed E-state index contributed by atoms with van der Waals surface area (Å²) in [5.41, 5.74) is 2.45. The molecule has 0 saturated carbocycles. The number of nitrogens with zero attached hydrogens (tertiary/aromatic N) is 1. The highest BCUT2D eigenvalue weighted by Gasteiger charge is 2.61. The summed E-state index contributed by atoms with van der Waals surface area (Å²) >= 11 is 0. The van der Waals surface area contributed by atoms with Crippen LogP contribution in [0, 0.1) is 5.41 Å². The Bertz CT molecular complexity index is 730. The molecule has 1 aromatic carbocycles. The third-order valence-electron chi connectivity index (χ3n) is 5.01. The van der Waals surface area contributed by atoms with Gasteiger partial charge in [0.15, 0.2) is 0 Å². The number of hydrogen-bond donors (Lipinski definition) is 0. The molecule has 2 nitrogen and oxygen atoms in total. The van der Waals surface area contributed by atoms with E-state index in [0.29, 0.717) is 0 Å². The Labute approximate surface area is 124 Å². The SMILES string of the molecule is C1=CC23C(=C4C=CC2(C=N1)CC4)Oc1ccccc13.Cl. The third-order valence-corrected chi connectivity index (χ3v) is 5.01. The number of para-hydroxylation sites is 1. The van der Waals surface area contributed by atoms with Crippen molar-refractivity contribution >= 4 is 18.6 Å². The maximum Gasteiger partial charge on any atom is 0.131 e. The minimum Gasteiger partial charge on any atom is -0.460 e. The van der Waals surface area contributed by atoms with Crippen molar-refractivity contribution in [3.05, 3.63) is 65.6 Å². The summed E-state index contributed by atoms with van der Waals surface area (Å²) in [6, 6.07) is 8.41. The molecule has 6 rings (SSSR count). The van der Waals surface area contributed by atoms with Gasteiger partial charge >= 0.3 is 0 Å². The van der Waals surface area contributed by atoms with Gasteiger partial charge in [-0.25, -0.2) is 0 Å². The summed E-state index contributed by atoms with van der Waals surface area (Å²) in [5, 5.41) is 0. The fraction of sp³-hybridized carbons (Fsp3) is 0.235. The van der Waals surface area contributed by atoms with Gasteiger partial charge in [-0.1, -0.05) is 30.4 Å². The van der Waals surface area contributed by atoms with Crippen LogP contribution < -0.4 is 4.74 Å². The number of aliphatic imine (C=N–C) groups is 1. The molecule has 5 aliphatic rings. The van der Waals surface area contributed by atoms with Crippen molar-refractivity contribution in [1.29, 1.82) is 0 Å². The van der Waals surface area contributed by atoms with Crippen molar-refractivity contribution in [3.63, 3.8) is 0 Å². The van der Waals surface area contributed by atoms with Gasteiger partial charge in [0.05, 0.1) is 5.41 Å². The van der Waals surface area contributed by atoms with Gasteiger partial charge in [-0.15, -0.1) is 12.4 Å². The maximum atomic E-state index is 6.22. The second-order valence-electron chi connectivity index (χ2n) is 5.73. The summed E-state index contributed by atoms with van der Waals surface area (Å²) in [6.07, 6.45) is 13.0. The van der Waals surface area contributed by atoms with Gasteiger partial charge in [-0.05, 0) is 30.6 Å². The Morgan fingerprint density at radius 1 is 1.15 bits per heavy atom. The fourth-order valence-corrected chi connectivity index (χ4v) is 4.11. The number of ether oxygens (including phenoxy) is 1. The molecule has 0 fully saturated rings. The van der Waals surface area contributed by atoms with Crippen LogP contribution in [0.4, 0.5) is 0 Å². The van der Waals surface area contributed by atoms with E-state index in [2.05, 4.69) is 47.6 Å². The number of hydrogen-bond acceptors (Lipinski definition) is 2. The number of benzene rings is 1. The zero-order valence-corrected chi connectivity index (χ0v) is 11.7. The van der Waals surface area contributed by atoms with Crippen molar-refractivity contribution in [2.45, 2.75) is 18.3 Å². The Morgan fingerprint density at radius 2 is 2.05 bits per heavy atom. The number of halogens is 1. The van der Waals surface area contributed by atoms with Crippen LogP contribution in [0.2, 0.25) is 0 Å². The average molecular weight is 284 g/mol. The van der Waals surface area contributed by atoms with Gasteiger partial charge in [0.2, 0.25) is 0 Å². The standard InChI is InChI=1S/C17H13NO.ClH/c1-2-4-14-13(3-1)17-9-10-18-11-16(17)7-5-12(6-8-16)15(17)19-14;/h1-5,7,9-11H,6,8H2;1H. The predicted octanol–water partition coefficient (Wildman–Crippen LogP) is 3.94. The summed E-state index contributed by atoms with van der Waals surface area (Å²) in [5.74, 6) is 2.13. The van der Waals surface area contributed by atoms with Crippen molar-refractivity contribution < 1.29 is 4.74 Å². The smallest absolute Gasteiger partial charge is 0.131 e. The van der Waals surface area contributed by atoms with Crippen molar-refractivity contribution in [2.24, 2.45) is 10.4 Å². The zero-order valence-electron chi connectivity index (χ0n) is 10.9. The number of fused-ring (bicyclic) bond motifs is 2. The van der Waals surface area contributed by atoms with Gasteiger partial charge < -0.3 is 4.74 Å². The van der Waals surface area contributed by atoms with Crippen LogP contribution in [-0.2, 0) is 5.41 Å². The molecule has 2 spiro atoms. The van der Waals surface area contributed by atoms with Crippen LogP contribution in [0.25, 0.3) is 0 Å². The van der Waals surface area contributed by atoms with Crippen molar-refractivity contribution in [2.75, 3.05) is 0 Å². The molecule has 0 N–H and O–H groups in total.